The number of ketones is 1. The van der Waals surface area contributed by atoms with Crippen LogP contribution >= 0.6 is 0 Å². The molecule has 0 radical (unpaired) electrons. The second kappa shape index (κ2) is 8.07. The van der Waals surface area contributed by atoms with Gasteiger partial charge in [0, 0.05) is 11.3 Å². The van der Waals surface area contributed by atoms with E-state index < -0.39 is 29.3 Å². The molecule has 1 amide bonds. The Bertz CT molecular complexity index is 1220. The molecule has 1 aliphatic rings. The van der Waals surface area contributed by atoms with Gasteiger partial charge in [-0.3, -0.25) is 14.5 Å². The van der Waals surface area contributed by atoms with Gasteiger partial charge in [0.15, 0.2) is 0 Å². The first-order valence-electron chi connectivity index (χ1n) is 9.70. The Kier molecular flexibility index (Phi) is 5.29. The number of halogens is 1. The Morgan fingerprint density at radius 3 is 2.32 bits per heavy atom. The standard InChI is InChI=1S/C25H20FNO4/c1-15-9-3-7-13-19(15)27-22(16-10-4-6-12-18(16)26)21(24(29)25(27)30)23(28)17-11-5-8-14-20(17)31-2/h3-14,22,28H,1-2H3/b23-21+. The number of nitrogens with zero attached hydrogens (tertiary/aromatic N) is 1. The summed E-state index contributed by atoms with van der Waals surface area (Å²) in [6.45, 7) is 1.80. The molecule has 0 aromatic heterocycles. The Labute approximate surface area is 179 Å². The van der Waals surface area contributed by atoms with Gasteiger partial charge < -0.3 is 9.84 Å². The number of ether oxygens (including phenoxy) is 1. The molecule has 0 bridgehead atoms. The summed E-state index contributed by atoms with van der Waals surface area (Å²) >= 11 is 0. The Morgan fingerprint density at radius 1 is 0.968 bits per heavy atom. The van der Waals surface area contributed by atoms with Crippen LogP contribution in [0.2, 0.25) is 0 Å². The van der Waals surface area contributed by atoms with Crippen LogP contribution in [0.5, 0.6) is 5.75 Å². The number of aryl methyl sites for hydroxylation is 1. The number of Topliss-reactive ketones (excluding diaryl/α,β-unsaturated/α-hetero) is 1. The molecular weight excluding hydrogens is 397 g/mol. The van der Waals surface area contributed by atoms with E-state index >= 15 is 0 Å². The van der Waals surface area contributed by atoms with Gasteiger partial charge >= 0.3 is 0 Å². The lowest BCUT2D eigenvalue weighted by Crippen LogP contribution is -2.30. The van der Waals surface area contributed by atoms with Gasteiger partial charge in [0.1, 0.15) is 17.3 Å². The third-order valence-corrected chi connectivity index (χ3v) is 5.38. The Morgan fingerprint density at radius 2 is 1.61 bits per heavy atom. The van der Waals surface area contributed by atoms with Crippen LogP contribution in [-0.2, 0) is 9.59 Å². The predicted octanol–water partition coefficient (Wildman–Crippen LogP) is 4.77. The number of aliphatic hydroxyl groups excluding tert-OH is 1. The zero-order valence-electron chi connectivity index (χ0n) is 17.0. The number of amides is 1. The fourth-order valence-electron chi connectivity index (χ4n) is 3.89. The Hall–Kier alpha value is -3.93. The molecule has 156 valence electrons. The SMILES string of the molecule is COc1ccccc1/C(O)=C1\C(=O)C(=O)N(c2ccccc2C)C1c1ccccc1F. The van der Waals surface area contributed by atoms with Crippen molar-refractivity contribution in [1.29, 1.82) is 0 Å². The molecule has 31 heavy (non-hydrogen) atoms. The molecule has 1 heterocycles. The number of hydrogen-bond donors (Lipinski definition) is 1. The van der Waals surface area contributed by atoms with Gasteiger partial charge in [-0.2, -0.15) is 0 Å². The number of anilines is 1. The Balaban J connectivity index is 2.02. The van der Waals surface area contributed by atoms with Crippen molar-refractivity contribution in [1.82, 2.24) is 0 Å². The maximum Gasteiger partial charge on any atom is 0.300 e. The number of methoxy groups -OCH3 is 1. The molecule has 3 aromatic rings. The summed E-state index contributed by atoms with van der Waals surface area (Å²) in [5.74, 6) is -2.40. The maximum atomic E-state index is 14.9. The minimum Gasteiger partial charge on any atom is -0.507 e. The van der Waals surface area contributed by atoms with E-state index in [2.05, 4.69) is 0 Å². The van der Waals surface area contributed by atoms with Gasteiger partial charge in [-0.25, -0.2) is 4.39 Å². The summed E-state index contributed by atoms with van der Waals surface area (Å²) in [7, 11) is 1.44. The van der Waals surface area contributed by atoms with Crippen molar-refractivity contribution in [2.45, 2.75) is 13.0 Å². The number of benzene rings is 3. The summed E-state index contributed by atoms with van der Waals surface area (Å²) in [4.78, 5) is 27.5. The van der Waals surface area contributed by atoms with Crippen LogP contribution in [0.15, 0.2) is 78.4 Å². The van der Waals surface area contributed by atoms with Crippen LogP contribution in [0.3, 0.4) is 0 Å². The molecule has 0 aliphatic carbocycles. The highest BCUT2D eigenvalue weighted by molar-refractivity contribution is 6.51. The zero-order chi connectivity index (χ0) is 22.1. The van der Waals surface area contributed by atoms with Crippen LogP contribution in [0.1, 0.15) is 22.7 Å². The first kappa shape index (κ1) is 20.3. The molecule has 3 aromatic carbocycles. The first-order valence-corrected chi connectivity index (χ1v) is 9.70. The van der Waals surface area contributed by atoms with Crippen molar-refractivity contribution < 1.29 is 23.8 Å². The van der Waals surface area contributed by atoms with E-state index in [-0.39, 0.29) is 16.7 Å². The number of para-hydroxylation sites is 2. The van der Waals surface area contributed by atoms with Crippen LogP contribution in [0.4, 0.5) is 10.1 Å². The molecule has 6 heteroatoms. The number of carbonyl (C=O) groups excluding carboxylic acids is 2. The van der Waals surface area contributed by atoms with Crippen molar-refractivity contribution in [3.63, 3.8) is 0 Å². The highest BCUT2D eigenvalue weighted by atomic mass is 19.1. The fraction of sp³-hybridized carbons (Fsp3) is 0.120. The van der Waals surface area contributed by atoms with Crippen molar-refractivity contribution in [2.75, 3.05) is 12.0 Å². The van der Waals surface area contributed by atoms with Crippen molar-refractivity contribution >= 4 is 23.1 Å². The highest BCUT2D eigenvalue weighted by Gasteiger charge is 2.48. The summed E-state index contributed by atoms with van der Waals surface area (Å²) in [6, 6.07) is 18.4. The molecule has 1 N–H and O–H groups in total. The monoisotopic (exact) mass is 417 g/mol. The van der Waals surface area contributed by atoms with Gasteiger partial charge in [-0.05, 0) is 36.8 Å². The summed E-state index contributed by atoms with van der Waals surface area (Å²) in [5, 5.41) is 11.2. The number of carbonyl (C=O) groups is 2. The highest BCUT2D eigenvalue weighted by Crippen LogP contribution is 2.44. The lowest BCUT2D eigenvalue weighted by atomic mass is 9.94. The summed E-state index contributed by atoms with van der Waals surface area (Å²) in [6.07, 6.45) is 0. The number of hydrogen-bond acceptors (Lipinski definition) is 4. The van der Waals surface area contributed by atoms with E-state index in [4.69, 9.17) is 4.74 Å². The molecular formula is C25H20FNO4. The van der Waals surface area contributed by atoms with Crippen LogP contribution < -0.4 is 9.64 Å². The van der Waals surface area contributed by atoms with Gasteiger partial charge in [-0.1, -0.05) is 48.5 Å². The normalized spacial score (nSPS) is 17.8. The fourth-order valence-corrected chi connectivity index (χ4v) is 3.89. The zero-order valence-corrected chi connectivity index (χ0v) is 17.0. The average molecular weight is 417 g/mol. The molecule has 1 aliphatic heterocycles. The van der Waals surface area contributed by atoms with Gasteiger partial charge in [-0.15, -0.1) is 0 Å². The summed E-state index contributed by atoms with van der Waals surface area (Å²) < 4.78 is 20.2. The minimum absolute atomic E-state index is 0.112. The molecule has 1 fully saturated rings. The lowest BCUT2D eigenvalue weighted by molar-refractivity contribution is -0.132. The molecule has 1 atom stereocenters. The molecule has 0 saturated carbocycles. The summed E-state index contributed by atoms with van der Waals surface area (Å²) in [5.41, 5.74) is 1.37. The molecule has 1 saturated heterocycles. The topological polar surface area (TPSA) is 66.8 Å². The average Bonchev–Trinajstić information content (AvgIpc) is 3.04. The largest absolute Gasteiger partial charge is 0.507 e. The van der Waals surface area contributed by atoms with E-state index in [1.54, 1.807) is 55.5 Å². The van der Waals surface area contributed by atoms with E-state index in [9.17, 15) is 19.1 Å². The number of rotatable bonds is 4. The third-order valence-electron chi connectivity index (χ3n) is 5.38. The molecule has 0 spiro atoms. The quantitative estimate of drug-likeness (QED) is 0.377. The van der Waals surface area contributed by atoms with E-state index in [0.717, 1.165) is 5.56 Å². The van der Waals surface area contributed by atoms with Crippen LogP contribution in [-0.4, -0.2) is 23.9 Å². The third kappa shape index (κ3) is 3.36. The van der Waals surface area contributed by atoms with Crippen molar-refractivity contribution in [3.8, 4) is 5.75 Å². The van der Waals surface area contributed by atoms with Gasteiger partial charge in [0.25, 0.3) is 11.7 Å². The lowest BCUT2D eigenvalue weighted by Gasteiger charge is -2.27. The van der Waals surface area contributed by atoms with Crippen LogP contribution in [0, 0.1) is 12.7 Å². The smallest absolute Gasteiger partial charge is 0.300 e. The van der Waals surface area contributed by atoms with Crippen LogP contribution in [0.25, 0.3) is 5.76 Å². The van der Waals surface area contributed by atoms with E-state index in [0.29, 0.717) is 11.4 Å². The van der Waals surface area contributed by atoms with E-state index in [1.165, 1.54) is 30.2 Å². The van der Waals surface area contributed by atoms with Crippen molar-refractivity contribution in [2.24, 2.45) is 0 Å². The van der Waals surface area contributed by atoms with Gasteiger partial charge in [0.2, 0.25) is 0 Å². The predicted molar refractivity (Wildman–Crippen MR) is 115 cm³/mol. The molecule has 1 unspecified atom stereocenters. The van der Waals surface area contributed by atoms with E-state index in [1.807, 2.05) is 6.07 Å². The first-order chi connectivity index (χ1) is 15.0. The van der Waals surface area contributed by atoms with Crippen molar-refractivity contribution in [3.05, 3.63) is 101 Å². The molecule has 4 rings (SSSR count). The van der Waals surface area contributed by atoms with Gasteiger partial charge in [0.05, 0.1) is 24.3 Å². The second-order valence-corrected chi connectivity index (χ2v) is 7.18. The number of aliphatic hydroxyl groups is 1. The maximum absolute atomic E-state index is 14.9. The second-order valence-electron chi connectivity index (χ2n) is 7.18. The molecule has 5 nitrogen and oxygen atoms in total. The minimum atomic E-state index is -1.13.